The Morgan fingerprint density at radius 1 is 1.20 bits per heavy atom. The molecule has 0 aliphatic carbocycles. The van der Waals surface area contributed by atoms with Crippen LogP contribution in [0.4, 0.5) is 0 Å². The summed E-state index contributed by atoms with van der Waals surface area (Å²) in [6.07, 6.45) is 7.27. The molecule has 15 heavy (non-hydrogen) atoms. The van der Waals surface area contributed by atoms with Crippen molar-refractivity contribution in [2.24, 2.45) is 0 Å². The van der Waals surface area contributed by atoms with E-state index in [9.17, 15) is 0 Å². The Labute approximate surface area is 96.9 Å². The van der Waals surface area contributed by atoms with Crippen molar-refractivity contribution in [3.05, 3.63) is 10.6 Å². The van der Waals surface area contributed by atoms with Crippen molar-refractivity contribution in [2.45, 2.75) is 58.9 Å². The molecule has 86 valence electrons. The van der Waals surface area contributed by atoms with Gasteiger partial charge in [-0.15, -0.1) is 0 Å². The molecule has 0 spiro atoms. The number of hydrogen-bond donors (Lipinski definition) is 1. The molecule has 4 heteroatoms. The molecule has 0 saturated heterocycles. The van der Waals surface area contributed by atoms with E-state index in [1.807, 2.05) is 0 Å². The van der Waals surface area contributed by atoms with Crippen LogP contribution in [0.5, 0.6) is 0 Å². The zero-order valence-corrected chi connectivity index (χ0v) is 10.6. The third kappa shape index (κ3) is 3.78. The second-order valence-electron chi connectivity index (χ2n) is 3.91. The van der Waals surface area contributed by atoms with E-state index in [2.05, 4.69) is 28.6 Å². The SMILES string of the molecule is CCCCCCc1n[nH]c(=S)n1CCC. The molecule has 1 aromatic rings. The quantitative estimate of drug-likeness (QED) is 0.571. The van der Waals surface area contributed by atoms with Crippen molar-refractivity contribution in [2.75, 3.05) is 0 Å². The van der Waals surface area contributed by atoms with E-state index in [0.29, 0.717) is 0 Å². The Hall–Kier alpha value is -0.640. The molecule has 0 bridgehead atoms. The molecule has 0 atom stereocenters. The first kappa shape index (κ1) is 12.4. The van der Waals surface area contributed by atoms with Gasteiger partial charge in [-0.2, -0.15) is 5.10 Å². The molecular formula is C11H21N3S. The average molecular weight is 227 g/mol. The van der Waals surface area contributed by atoms with E-state index in [4.69, 9.17) is 12.2 Å². The molecular weight excluding hydrogens is 206 g/mol. The number of aromatic amines is 1. The van der Waals surface area contributed by atoms with E-state index in [1.165, 1.54) is 25.7 Å². The fourth-order valence-corrected chi connectivity index (χ4v) is 1.95. The van der Waals surface area contributed by atoms with Crippen LogP contribution in [-0.4, -0.2) is 14.8 Å². The van der Waals surface area contributed by atoms with Gasteiger partial charge in [-0.05, 0) is 25.1 Å². The van der Waals surface area contributed by atoms with E-state index in [0.717, 1.165) is 30.0 Å². The molecule has 3 nitrogen and oxygen atoms in total. The first-order valence-electron chi connectivity index (χ1n) is 5.93. The van der Waals surface area contributed by atoms with Gasteiger partial charge in [0.1, 0.15) is 5.82 Å². The topological polar surface area (TPSA) is 33.6 Å². The summed E-state index contributed by atoms with van der Waals surface area (Å²) >= 11 is 5.18. The fourth-order valence-electron chi connectivity index (χ4n) is 1.71. The highest BCUT2D eigenvalue weighted by Crippen LogP contribution is 2.07. The van der Waals surface area contributed by atoms with E-state index < -0.39 is 0 Å². The van der Waals surface area contributed by atoms with Crippen LogP contribution in [0.25, 0.3) is 0 Å². The van der Waals surface area contributed by atoms with Crippen LogP contribution >= 0.6 is 12.2 Å². The van der Waals surface area contributed by atoms with Gasteiger partial charge in [0.15, 0.2) is 4.77 Å². The Morgan fingerprint density at radius 2 is 2.00 bits per heavy atom. The molecule has 0 saturated carbocycles. The van der Waals surface area contributed by atoms with Gasteiger partial charge in [0, 0.05) is 13.0 Å². The average Bonchev–Trinajstić information content (AvgIpc) is 2.57. The third-order valence-electron chi connectivity index (χ3n) is 2.54. The number of nitrogens with zero attached hydrogens (tertiary/aromatic N) is 2. The van der Waals surface area contributed by atoms with E-state index in [-0.39, 0.29) is 0 Å². The molecule has 0 aliphatic rings. The highest BCUT2D eigenvalue weighted by atomic mass is 32.1. The first-order chi connectivity index (χ1) is 7.29. The Kier molecular flexibility index (Phi) is 5.61. The van der Waals surface area contributed by atoms with Crippen molar-refractivity contribution in [1.82, 2.24) is 14.8 Å². The molecule has 0 aliphatic heterocycles. The van der Waals surface area contributed by atoms with Crippen LogP contribution in [0.3, 0.4) is 0 Å². The molecule has 1 heterocycles. The van der Waals surface area contributed by atoms with E-state index >= 15 is 0 Å². The Bertz CT molecular complexity index is 327. The van der Waals surface area contributed by atoms with Crippen LogP contribution in [0, 0.1) is 4.77 Å². The van der Waals surface area contributed by atoms with Gasteiger partial charge < -0.3 is 4.57 Å². The maximum Gasteiger partial charge on any atom is 0.195 e. The molecule has 1 N–H and O–H groups in total. The summed E-state index contributed by atoms with van der Waals surface area (Å²) in [5.74, 6) is 1.12. The zero-order valence-electron chi connectivity index (χ0n) is 9.75. The van der Waals surface area contributed by atoms with Gasteiger partial charge in [-0.25, -0.2) is 0 Å². The van der Waals surface area contributed by atoms with Crippen molar-refractivity contribution in [3.63, 3.8) is 0 Å². The van der Waals surface area contributed by atoms with Crippen molar-refractivity contribution in [1.29, 1.82) is 0 Å². The van der Waals surface area contributed by atoms with Crippen LogP contribution < -0.4 is 0 Å². The molecule has 0 amide bonds. The second kappa shape index (κ2) is 6.77. The number of unbranched alkanes of at least 4 members (excludes halogenated alkanes) is 3. The molecule has 0 aromatic carbocycles. The lowest BCUT2D eigenvalue weighted by molar-refractivity contribution is 0.595. The molecule has 0 unspecified atom stereocenters. The summed E-state index contributed by atoms with van der Waals surface area (Å²) in [5, 5.41) is 7.16. The van der Waals surface area contributed by atoms with Gasteiger partial charge in [-0.3, -0.25) is 5.10 Å². The van der Waals surface area contributed by atoms with Gasteiger partial charge in [0.25, 0.3) is 0 Å². The summed E-state index contributed by atoms with van der Waals surface area (Å²) in [5.41, 5.74) is 0. The summed E-state index contributed by atoms with van der Waals surface area (Å²) < 4.78 is 2.89. The number of nitrogens with one attached hydrogen (secondary N) is 1. The van der Waals surface area contributed by atoms with Gasteiger partial charge in [0.05, 0.1) is 0 Å². The zero-order chi connectivity index (χ0) is 11.1. The summed E-state index contributed by atoms with van der Waals surface area (Å²) in [7, 11) is 0. The number of rotatable bonds is 7. The summed E-state index contributed by atoms with van der Waals surface area (Å²) in [6.45, 7) is 5.38. The predicted molar refractivity (Wildman–Crippen MR) is 65.5 cm³/mol. The predicted octanol–water partition coefficient (Wildman–Crippen LogP) is 3.47. The summed E-state index contributed by atoms with van der Waals surface area (Å²) in [6, 6.07) is 0. The number of H-pyrrole nitrogens is 1. The second-order valence-corrected chi connectivity index (χ2v) is 4.29. The maximum atomic E-state index is 5.18. The maximum absolute atomic E-state index is 5.18. The third-order valence-corrected chi connectivity index (χ3v) is 2.85. The largest absolute Gasteiger partial charge is 0.304 e. The Morgan fingerprint density at radius 3 is 2.67 bits per heavy atom. The van der Waals surface area contributed by atoms with Crippen molar-refractivity contribution >= 4 is 12.2 Å². The highest BCUT2D eigenvalue weighted by molar-refractivity contribution is 7.71. The van der Waals surface area contributed by atoms with Gasteiger partial charge >= 0.3 is 0 Å². The minimum atomic E-state index is 0.766. The lowest BCUT2D eigenvalue weighted by Gasteiger charge is -2.04. The fraction of sp³-hybridized carbons (Fsp3) is 0.818. The number of aryl methyl sites for hydroxylation is 1. The minimum Gasteiger partial charge on any atom is -0.304 e. The molecule has 1 rings (SSSR count). The minimum absolute atomic E-state index is 0.766. The number of hydrogen-bond acceptors (Lipinski definition) is 2. The van der Waals surface area contributed by atoms with Gasteiger partial charge in [-0.1, -0.05) is 33.1 Å². The number of aromatic nitrogens is 3. The lowest BCUT2D eigenvalue weighted by atomic mass is 10.1. The highest BCUT2D eigenvalue weighted by Gasteiger charge is 2.04. The van der Waals surface area contributed by atoms with Crippen molar-refractivity contribution < 1.29 is 0 Å². The molecule has 0 fully saturated rings. The van der Waals surface area contributed by atoms with Crippen molar-refractivity contribution in [3.8, 4) is 0 Å². The standard InChI is InChI=1S/C11H21N3S/c1-3-5-6-7-8-10-12-13-11(15)14(10)9-4-2/h3-9H2,1-2H3,(H,13,15). The smallest absolute Gasteiger partial charge is 0.195 e. The summed E-state index contributed by atoms with van der Waals surface area (Å²) in [4.78, 5) is 0. The van der Waals surface area contributed by atoms with Crippen LogP contribution in [0.2, 0.25) is 0 Å². The van der Waals surface area contributed by atoms with Crippen LogP contribution in [-0.2, 0) is 13.0 Å². The van der Waals surface area contributed by atoms with Crippen LogP contribution in [0.1, 0.15) is 51.8 Å². The van der Waals surface area contributed by atoms with E-state index in [1.54, 1.807) is 0 Å². The van der Waals surface area contributed by atoms with Gasteiger partial charge in [0.2, 0.25) is 0 Å². The molecule has 0 radical (unpaired) electrons. The monoisotopic (exact) mass is 227 g/mol. The lowest BCUT2D eigenvalue weighted by Crippen LogP contribution is -2.03. The Balaban J connectivity index is 2.49. The normalized spacial score (nSPS) is 10.8. The first-order valence-corrected chi connectivity index (χ1v) is 6.34. The van der Waals surface area contributed by atoms with Crippen LogP contribution in [0.15, 0.2) is 0 Å². The molecule has 1 aromatic heterocycles.